The molecule has 0 aliphatic rings. The molecule has 2 heterocycles. The minimum Gasteiger partial charge on any atom is -0.338 e. The second kappa shape index (κ2) is 6.88. The second-order valence-electron chi connectivity index (χ2n) is 5.91. The van der Waals surface area contributed by atoms with Gasteiger partial charge in [-0.15, -0.1) is 11.3 Å². The van der Waals surface area contributed by atoms with E-state index in [2.05, 4.69) is 20.3 Å². The molecule has 136 valence electrons. The van der Waals surface area contributed by atoms with E-state index in [1.54, 1.807) is 42.6 Å². The zero-order chi connectivity index (χ0) is 19.0. The van der Waals surface area contributed by atoms with Crippen molar-refractivity contribution in [3.8, 4) is 11.4 Å². The van der Waals surface area contributed by atoms with Gasteiger partial charge in [-0.3, -0.25) is 10.1 Å². The van der Waals surface area contributed by atoms with Crippen LogP contribution in [-0.2, 0) is 0 Å². The highest BCUT2D eigenvalue weighted by Crippen LogP contribution is 2.31. The van der Waals surface area contributed by atoms with Crippen LogP contribution in [0.4, 0.5) is 13.9 Å². The Balaban J connectivity index is 1.76. The number of fused-ring (bicyclic) bond motifs is 1. The molecule has 2 N–H and O–H groups in total. The number of hydrogen-bond acceptors (Lipinski definition) is 4. The van der Waals surface area contributed by atoms with E-state index in [4.69, 9.17) is 0 Å². The summed E-state index contributed by atoms with van der Waals surface area (Å²) in [4.78, 5) is 25.2. The molecule has 0 bridgehead atoms. The highest BCUT2D eigenvalue weighted by Gasteiger charge is 2.19. The Bertz CT molecular complexity index is 1140. The molecular formula is C19H14F2N4OS. The van der Waals surface area contributed by atoms with E-state index < -0.39 is 6.43 Å². The lowest BCUT2D eigenvalue weighted by Crippen LogP contribution is -2.12. The molecule has 0 unspecified atom stereocenters. The zero-order valence-corrected chi connectivity index (χ0v) is 15.0. The van der Waals surface area contributed by atoms with Crippen molar-refractivity contribution in [3.63, 3.8) is 0 Å². The van der Waals surface area contributed by atoms with Crippen molar-refractivity contribution in [2.45, 2.75) is 13.3 Å². The number of amides is 1. The van der Waals surface area contributed by atoms with Crippen LogP contribution in [0, 0.1) is 6.92 Å². The Morgan fingerprint density at radius 3 is 2.74 bits per heavy atom. The quantitative estimate of drug-likeness (QED) is 0.509. The highest BCUT2D eigenvalue weighted by atomic mass is 32.1. The lowest BCUT2D eigenvalue weighted by Gasteiger charge is -2.05. The van der Waals surface area contributed by atoms with Gasteiger partial charge in [-0.05, 0) is 19.1 Å². The van der Waals surface area contributed by atoms with Crippen LogP contribution in [-0.4, -0.2) is 20.9 Å². The number of benzene rings is 2. The molecule has 0 atom stereocenters. The van der Waals surface area contributed by atoms with Crippen LogP contribution < -0.4 is 5.32 Å². The van der Waals surface area contributed by atoms with E-state index in [0.29, 0.717) is 33.1 Å². The van der Waals surface area contributed by atoms with Gasteiger partial charge in [-0.1, -0.05) is 30.3 Å². The number of aromatic nitrogens is 3. The number of H-pyrrole nitrogens is 1. The monoisotopic (exact) mass is 384 g/mol. The standard InChI is InChI=1S/C19H14F2N4OS/c1-10-9-22-19(27-10)25-18(26)13-7-4-8-14-15(13)24-17(23-14)12-6-3-2-5-11(12)16(20)21/h2-9,16H,1H3,(H,23,24)(H,22,25,26). The van der Waals surface area contributed by atoms with Gasteiger partial charge in [0.05, 0.1) is 11.1 Å². The van der Waals surface area contributed by atoms with Crippen LogP contribution in [0.5, 0.6) is 0 Å². The zero-order valence-electron chi connectivity index (χ0n) is 14.2. The predicted molar refractivity (Wildman–Crippen MR) is 101 cm³/mol. The van der Waals surface area contributed by atoms with Gasteiger partial charge in [0, 0.05) is 22.2 Å². The van der Waals surface area contributed by atoms with Crippen molar-refractivity contribution in [2.24, 2.45) is 0 Å². The number of carbonyl (C=O) groups excluding carboxylic acids is 1. The fraction of sp³-hybridized carbons (Fsp3) is 0.105. The van der Waals surface area contributed by atoms with E-state index >= 15 is 0 Å². The number of nitrogens with one attached hydrogen (secondary N) is 2. The summed E-state index contributed by atoms with van der Waals surface area (Å²) in [7, 11) is 0. The van der Waals surface area contributed by atoms with Gasteiger partial charge < -0.3 is 4.98 Å². The normalized spacial score (nSPS) is 11.3. The number of aryl methyl sites for hydroxylation is 1. The summed E-state index contributed by atoms with van der Waals surface area (Å²) in [5.74, 6) is -0.0543. The summed E-state index contributed by atoms with van der Waals surface area (Å²) in [6.45, 7) is 1.90. The van der Waals surface area contributed by atoms with Crippen LogP contribution in [0.25, 0.3) is 22.4 Å². The Kier molecular flexibility index (Phi) is 4.41. The van der Waals surface area contributed by atoms with Gasteiger partial charge in [-0.25, -0.2) is 18.7 Å². The molecule has 2 aromatic heterocycles. The summed E-state index contributed by atoms with van der Waals surface area (Å²) >= 11 is 1.37. The summed E-state index contributed by atoms with van der Waals surface area (Å²) in [5.41, 5.74) is 1.56. The third-order valence-electron chi connectivity index (χ3n) is 4.05. The van der Waals surface area contributed by atoms with Crippen molar-refractivity contribution >= 4 is 33.4 Å². The predicted octanol–water partition coefficient (Wildman–Crippen LogP) is 5.18. The molecule has 0 saturated heterocycles. The van der Waals surface area contributed by atoms with Crippen molar-refractivity contribution in [1.29, 1.82) is 0 Å². The molecule has 1 amide bonds. The molecule has 0 aliphatic heterocycles. The van der Waals surface area contributed by atoms with Gasteiger partial charge in [-0.2, -0.15) is 0 Å². The van der Waals surface area contributed by atoms with Gasteiger partial charge in [0.15, 0.2) is 5.13 Å². The number of thiazole rings is 1. The van der Waals surface area contributed by atoms with Crippen molar-refractivity contribution in [3.05, 3.63) is 64.7 Å². The first-order valence-electron chi connectivity index (χ1n) is 8.13. The SMILES string of the molecule is Cc1cnc(NC(=O)c2cccc3[nH]c(-c4ccccc4C(F)F)nc23)s1. The van der Waals surface area contributed by atoms with E-state index in [1.807, 2.05) is 6.92 Å². The van der Waals surface area contributed by atoms with Crippen LogP contribution in [0.3, 0.4) is 0 Å². The van der Waals surface area contributed by atoms with Gasteiger partial charge >= 0.3 is 0 Å². The number of imidazole rings is 1. The fourth-order valence-corrected chi connectivity index (χ4v) is 3.48. The Labute approximate surface area is 157 Å². The highest BCUT2D eigenvalue weighted by molar-refractivity contribution is 7.15. The Morgan fingerprint density at radius 1 is 1.19 bits per heavy atom. The Hall–Kier alpha value is -3.13. The van der Waals surface area contributed by atoms with Crippen molar-refractivity contribution in [2.75, 3.05) is 5.32 Å². The van der Waals surface area contributed by atoms with Crippen molar-refractivity contribution < 1.29 is 13.6 Å². The first kappa shape index (κ1) is 17.3. The van der Waals surface area contributed by atoms with Gasteiger partial charge in [0.2, 0.25) is 0 Å². The largest absolute Gasteiger partial charge is 0.338 e. The molecule has 4 aromatic rings. The number of hydrogen-bond donors (Lipinski definition) is 2. The van der Waals surface area contributed by atoms with Gasteiger partial charge in [0.1, 0.15) is 11.3 Å². The minimum atomic E-state index is -2.62. The molecule has 27 heavy (non-hydrogen) atoms. The molecule has 0 aliphatic carbocycles. The molecule has 0 radical (unpaired) electrons. The molecule has 0 fully saturated rings. The molecule has 2 aromatic carbocycles. The third kappa shape index (κ3) is 3.31. The van der Waals surface area contributed by atoms with Gasteiger partial charge in [0.25, 0.3) is 12.3 Å². The van der Waals surface area contributed by atoms with E-state index in [9.17, 15) is 13.6 Å². The number of rotatable bonds is 4. The first-order valence-corrected chi connectivity index (χ1v) is 8.94. The summed E-state index contributed by atoms with van der Waals surface area (Å²) < 4.78 is 26.6. The number of para-hydroxylation sites is 1. The third-order valence-corrected chi connectivity index (χ3v) is 4.88. The molecule has 0 spiro atoms. The number of nitrogens with zero attached hydrogens (tertiary/aromatic N) is 2. The number of carbonyl (C=O) groups is 1. The van der Waals surface area contributed by atoms with Crippen LogP contribution in [0.15, 0.2) is 48.7 Å². The average molecular weight is 384 g/mol. The number of alkyl halides is 2. The summed E-state index contributed by atoms with van der Waals surface area (Å²) in [6.07, 6.45) is -0.945. The molecule has 8 heteroatoms. The van der Waals surface area contributed by atoms with Crippen molar-refractivity contribution in [1.82, 2.24) is 15.0 Å². The smallest absolute Gasteiger partial charge is 0.264 e. The average Bonchev–Trinajstić information content (AvgIpc) is 3.27. The number of aromatic amines is 1. The maximum atomic E-state index is 13.3. The molecular weight excluding hydrogens is 370 g/mol. The maximum absolute atomic E-state index is 13.3. The summed E-state index contributed by atoms with van der Waals surface area (Å²) in [6, 6.07) is 11.3. The first-order chi connectivity index (χ1) is 13.0. The molecule has 4 rings (SSSR count). The van der Waals surface area contributed by atoms with Crippen LogP contribution in [0.1, 0.15) is 27.2 Å². The number of halogens is 2. The fourth-order valence-electron chi connectivity index (χ4n) is 2.82. The second-order valence-corrected chi connectivity index (χ2v) is 7.14. The lowest BCUT2D eigenvalue weighted by atomic mass is 10.1. The topological polar surface area (TPSA) is 70.7 Å². The maximum Gasteiger partial charge on any atom is 0.264 e. The van der Waals surface area contributed by atoms with E-state index in [-0.39, 0.29) is 11.5 Å². The lowest BCUT2D eigenvalue weighted by molar-refractivity contribution is 0.102. The molecule has 0 saturated carbocycles. The molecule has 5 nitrogen and oxygen atoms in total. The van der Waals surface area contributed by atoms with Crippen LogP contribution in [0.2, 0.25) is 0 Å². The number of anilines is 1. The van der Waals surface area contributed by atoms with Crippen LogP contribution >= 0.6 is 11.3 Å². The summed E-state index contributed by atoms with van der Waals surface area (Å²) in [5, 5.41) is 3.24. The Morgan fingerprint density at radius 2 is 2.00 bits per heavy atom. The van der Waals surface area contributed by atoms with E-state index in [1.165, 1.54) is 17.4 Å². The minimum absolute atomic E-state index is 0.110. The van der Waals surface area contributed by atoms with E-state index in [0.717, 1.165) is 4.88 Å².